The second kappa shape index (κ2) is 6.44. The Labute approximate surface area is 159 Å². The van der Waals surface area contributed by atoms with E-state index in [0.29, 0.717) is 0 Å². The molecule has 4 rings (SSSR count). The molecule has 2 fully saturated rings. The van der Waals surface area contributed by atoms with Crippen LogP contribution in [0.1, 0.15) is 18.4 Å². The number of hydrogen-bond acceptors (Lipinski definition) is 4. The van der Waals surface area contributed by atoms with E-state index in [1.165, 1.54) is 11.2 Å². The number of amides is 1. The fraction of sp³-hybridized carbons (Fsp3) is 0.350. The Balaban J connectivity index is 1.66. The predicted octanol–water partition coefficient (Wildman–Crippen LogP) is 1.44. The molecule has 2 aromatic carbocycles. The fourth-order valence-corrected chi connectivity index (χ4v) is 6.24. The zero-order chi connectivity index (χ0) is 19.2. The van der Waals surface area contributed by atoms with Gasteiger partial charge in [-0.1, -0.05) is 48.5 Å². The van der Waals surface area contributed by atoms with Crippen LogP contribution in [-0.4, -0.2) is 59.9 Å². The molecule has 6 nitrogen and oxygen atoms in total. The number of hydrogen-bond donors (Lipinski definition) is 1. The molecule has 2 atom stereocenters. The summed E-state index contributed by atoms with van der Waals surface area (Å²) in [4.78, 5) is 14.2. The highest BCUT2D eigenvalue weighted by atomic mass is 32.2. The summed E-state index contributed by atoms with van der Waals surface area (Å²) in [6, 6.07) is 17.7. The number of carbonyl (C=O) groups excluding carboxylic acids is 1. The molecule has 0 aliphatic carbocycles. The Morgan fingerprint density at radius 2 is 1.63 bits per heavy atom. The molecule has 0 unspecified atom stereocenters. The van der Waals surface area contributed by atoms with Crippen molar-refractivity contribution in [1.82, 2.24) is 9.21 Å². The molecule has 27 heavy (non-hydrogen) atoms. The summed E-state index contributed by atoms with van der Waals surface area (Å²) >= 11 is 0. The molecule has 0 radical (unpaired) electrons. The molecule has 0 aromatic heterocycles. The summed E-state index contributed by atoms with van der Waals surface area (Å²) in [5, 5.41) is 9.87. The highest BCUT2D eigenvalue weighted by Gasteiger charge is 2.68. The summed E-state index contributed by atoms with van der Waals surface area (Å²) < 4.78 is 27.2. The number of rotatable bonds is 4. The first-order valence-corrected chi connectivity index (χ1v) is 10.4. The van der Waals surface area contributed by atoms with Crippen LogP contribution < -0.4 is 0 Å². The molecule has 7 heteroatoms. The molecular weight excluding hydrogens is 364 g/mol. The highest BCUT2D eigenvalue weighted by Crippen LogP contribution is 2.54. The van der Waals surface area contributed by atoms with Gasteiger partial charge in [0, 0.05) is 25.9 Å². The predicted molar refractivity (Wildman–Crippen MR) is 101 cm³/mol. The van der Waals surface area contributed by atoms with Crippen molar-refractivity contribution < 1.29 is 18.3 Å². The van der Waals surface area contributed by atoms with E-state index in [1.54, 1.807) is 35.2 Å². The third-order valence-electron chi connectivity index (χ3n) is 5.74. The van der Waals surface area contributed by atoms with Gasteiger partial charge in [-0.3, -0.25) is 4.79 Å². The van der Waals surface area contributed by atoms with Gasteiger partial charge in [-0.05, 0) is 17.7 Å². The number of sulfonamides is 1. The minimum absolute atomic E-state index is 0.0881. The number of carbonyl (C=O) groups is 1. The molecule has 0 saturated carbocycles. The van der Waals surface area contributed by atoms with Gasteiger partial charge >= 0.3 is 0 Å². The van der Waals surface area contributed by atoms with Gasteiger partial charge in [-0.2, -0.15) is 4.31 Å². The van der Waals surface area contributed by atoms with Gasteiger partial charge in [-0.15, -0.1) is 0 Å². The van der Waals surface area contributed by atoms with Crippen LogP contribution in [-0.2, 0) is 14.8 Å². The van der Waals surface area contributed by atoms with Gasteiger partial charge in [-0.25, -0.2) is 8.42 Å². The number of aliphatic hydroxyl groups excluding tert-OH is 1. The van der Waals surface area contributed by atoms with E-state index in [4.69, 9.17) is 0 Å². The van der Waals surface area contributed by atoms with E-state index >= 15 is 0 Å². The fourth-order valence-electron chi connectivity index (χ4n) is 4.66. The van der Waals surface area contributed by atoms with Crippen molar-refractivity contribution in [1.29, 1.82) is 0 Å². The lowest BCUT2D eigenvalue weighted by atomic mass is 9.61. The van der Waals surface area contributed by atoms with Crippen LogP contribution >= 0.6 is 0 Å². The number of nitrogens with zero attached hydrogens (tertiary/aromatic N) is 2. The average Bonchev–Trinajstić information content (AvgIpc) is 2.61. The first kappa shape index (κ1) is 18.2. The van der Waals surface area contributed by atoms with Crippen LogP contribution in [0.15, 0.2) is 65.6 Å². The summed E-state index contributed by atoms with van der Waals surface area (Å²) in [5.74, 6) is -0.229. The Bertz CT molecular complexity index is 940. The molecule has 2 aliphatic rings. The minimum atomic E-state index is -3.60. The maximum Gasteiger partial charge on any atom is 0.243 e. The Morgan fingerprint density at radius 1 is 1.07 bits per heavy atom. The van der Waals surface area contributed by atoms with Gasteiger partial charge in [0.25, 0.3) is 0 Å². The Morgan fingerprint density at radius 3 is 2.15 bits per heavy atom. The molecular formula is C20H22N2O4S. The van der Waals surface area contributed by atoms with Crippen LogP contribution in [0.3, 0.4) is 0 Å². The van der Waals surface area contributed by atoms with Gasteiger partial charge < -0.3 is 10.0 Å². The summed E-state index contributed by atoms with van der Waals surface area (Å²) in [6.07, 6.45) is 0. The third-order valence-corrected chi connectivity index (χ3v) is 7.55. The topological polar surface area (TPSA) is 77.9 Å². The van der Waals surface area contributed by atoms with Gasteiger partial charge in [0.05, 0.1) is 23.1 Å². The van der Waals surface area contributed by atoms with E-state index < -0.39 is 15.6 Å². The van der Waals surface area contributed by atoms with E-state index in [9.17, 15) is 18.3 Å². The van der Waals surface area contributed by atoms with Crippen molar-refractivity contribution in [3.05, 3.63) is 66.2 Å². The molecule has 0 bridgehead atoms. The van der Waals surface area contributed by atoms with Crippen molar-refractivity contribution in [2.75, 3.05) is 19.7 Å². The third kappa shape index (κ3) is 2.61. The quantitative estimate of drug-likeness (QED) is 0.863. The summed E-state index contributed by atoms with van der Waals surface area (Å²) in [7, 11) is -3.60. The maximum atomic E-state index is 12.9. The first-order valence-electron chi connectivity index (χ1n) is 8.93. The van der Waals surface area contributed by atoms with Crippen LogP contribution in [0, 0.1) is 0 Å². The summed E-state index contributed by atoms with van der Waals surface area (Å²) in [6.45, 7) is 1.80. The van der Waals surface area contributed by atoms with E-state index in [0.717, 1.165) is 5.56 Å². The smallest absolute Gasteiger partial charge is 0.243 e. The lowest BCUT2D eigenvalue weighted by molar-refractivity contribution is -0.187. The normalized spacial score (nSPS) is 24.3. The van der Waals surface area contributed by atoms with Crippen LogP contribution in [0.5, 0.6) is 0 Å². The number of benzene rings is 2. The van der Waals surface area contributed by atoms with Crippen molar-refractivity contribution in [2.24, 2.45) is 0 Å². The first-order chi connectivity index (χ1) is 12.9. The molecule has 2 aliphatic heterocycles. The second-order valence-electron chi connectivity index (χ2n) is 7.22. The van der Waals surface area contributed by atoms with Gasteiger partial charge in [0.15, 0.2) is 0 Å². The maximum absolute atomic E-state index is 12.9. The lowest BCUT2D eigenvalue weighted by Gasteiger charge is -2.69. The average molecular weight is 386 g/mol. The zero-order valence-corrected chi connectivity index (χ0v) is 15.8. The minimum Gasteiger partial charge on any atom is -0.394 e. The molecule has 2 heterocycles. The second-order valence-corrected chi connectivity index (χ2v) is 9.15. The molecule has 1 spiro atoms. The molecule has 2 aromatic rings. The van der Waals surface area contributed by atoms with E-state index in [2.05, 4.69) is 0 Å². The van der Waals surface area contributed by atoms with E-state index in [1.807, 2.05) is 30.3 Å². The van der Waals surface area contributed by atoms with Gasteiger partial charge in [0.2, 0.25) is 15.9 Å². The molecule has 142 valence electrons. The van der Waals surface area contributed by atoms with Gasteiger partial charge in [0.1, 0.15) is 0 Å². The number of aliphatic hydroxyl groups is 1. The lowest BCUT2D eigenvalue weighted by Crippen LogP contribution is -2.85. The van der Waals surface area contributed by atoms with Crippen LogP contribution in [0.25, 0.3) is 0 Å². The van der Waals surface area contributed by atoms with Crippen LogP contribution in [0.4, 0.5) is 0 Å². The van der Waals surface area contributed by atoms with E-state index in [-0.39, 0.29) is 42.5 Å². The zero-order valence-electron chi connectivity index (χ0n) is 15.0. The van der Waals surface area contributed by atoms with Crippen molar-refractivity contribution >= 4 is 15.9 Å². The van der Waals surface area contributed by atoms with Crippen molar-refractivity contribution in [2.45, 2.75) is 29.3 Å². The molecule has 1 N–H and O–H groups in total. The standard InChI is InChI=1S/C20H22N2O4S/c1-15(24)22-18(12-23)19(16-8-4-2-5-9-16)20(22)13-21(14-20)27(25,26)17-10-6-3-7-11-17/h2-11,18-19,23H,12-14H2,1H3/t18-,19+/m1/s1. The SMILES string of the molecule is CC(=O)N1[C@H](CO)[C@H](c2ccccc2)C12CN(S(=O)(=O)c1ccccc1)C2. The Kier molecular flexibility index (Phi) is 4.33. The molecule has 2 saturated heterocycles. The molecule has 1 amide bonds. The highest BCUT2D eigenvalue weighted by molar-refractivity contribution is 7.89. The van der Waals surface area contributed by atoms with Crippen molar-refractivity contribution in [3.8, 4) is 0 Å². The number of likely N-dealkylation sites (tertiary alicyclic amines) is 1. The van der Waals surface area contributed by atoms with Crippen LogP contribution in [0.2, 0.25) is 0 Å². The Hall–Kier alpha value is -2.22. The monoisotopic (exact) mass is 386 g/mol. The largest absolute Gasteiger partial charge is 0.394 e. The van der Waals surface area contributed by atoms with Crippen molar-refractivity contribution in [3.63, 3.8) is 0 Å². The summed E-state index contributed by atoms with van der Waals surface area (Å²) in [5.41, 5.74) is 0.424.